The summed E-state index contributed by atoms with van der Waals surface area (Å²) in [6, 6.07) is 2.43. The lowest BCUT2D eigenvalue weighted by molar-refractivity contribution is -0.140. The Hall–Kier alpha value is -2.22. The third-order valence-electron chi connectivity index (χ3n) is 6.46. The van der Waals surface area contributed by atoms with Crippen molar-refractivity contribution in [3.05, 3.63) is 32.9 Å². The number of amides is 2. The molecule has 3 N–H and O–H groups in total. The molecule has 0 radical (unpaired) electrons. The van der Waals surface area contributed by atoms with Gasteiger partial charge in [-0.2, -0.15) is 0 Å². The van der Waals surface area contributed by atoms with Gasteiger partial charge in [0.15, 0.2) is 11.5 Å². The Morgan fingerprint density at radius 2 is 2.14 bits per heavy atom. The molecule has 1 saturated heterocycles. The van der Waals surface area contributed by atoms with Crippen molar-refractivity contribution < 1.29 is 38.8 Å². The number of aldehydes is 1. The van der Waals surface area contributed by atoms with E-state index in [4.69, 9.17) is 19.3 Å². The standard InChI is InChI=1S/C26H35IN2O8/c1-3-5-23(32)29(14-18-6-4-9-36-18)20-12-17(26(34)28-7-8-30)13-21(24(20)33)37-25-19(27)10-16(15-31)11-22(25)35-2/h10-11,13,15,18,20-21,24,30,33H,3-9,12,14H2,1-2H3,(H,28,34). The second-order valence-corrected chi connectivity index (χ2v) is 10.3. The van der Waals surface area contributed by atoms with Gasteiger partial charge in [-0.25, -0.2) is 0 Å². The number of ether oxygens (including phenoxy) is 3. The molecule has 0 bridgehead atoms. The average molecular weight is 630 g/mol. The van der Waals surface area contributed by atoms with E-state index >= 15 is 0 Å². The van der Waals surface area contributed by atoms with E-state index in [1.54, 1.807) is 17.0 Å². The van der Waals surface area contributed by atoms with Crippen LogP contribution in [0, 0.1) is 3.57 Å². The number of aliphatic hydroxyl groups excluding tert-OH is 2. The Bertz CT molecular complexity index is 995. The Morgan fingerprint density at radius 1 is 1.35 bits per heavy atom. The summed E-state index contributed by atoms with van der Waals surface area (Å²) in [5.74, 6) is 0.0921. The second kappa shape index (κ2) is 14.1. The van der Waals surface area contributed by atoms with E-state index < -0.39 is 24.2 Å². The first-order valence-electron chi connectivity index (χ1n) is 12.5. The number of carbonyl (C=O) groups is 3. The van der Waals surface area contributed by atoms with E-state index in [0.717, 1.165) is 12.8 Å². The number of nitrogens with one attached hydrogen (secondary N) is 1. The minimum atomic E-state index is -1.15. The van der Waals surface area contributed by atoms with E-state index in [1.165, 1.54) is 13.2 Å². The third-order valence-corrected chi connectivity index (χ3v) is 7.27. The highest BCUT2D eigenvalue weighted by atomic mass is 127. The SMILES string of the molecule is CCCC(=O)N(CC1CCCO1)C1CC(C(=O)NCCO)=CC(Oc2c(I)cc(C=O)cc2OC)C1O. The van der Waals surface area contributed by atoms with Crippen LogP contribution in [0.1, 0.15) is 49.4 Å². The van der Waals surface area contributed by atoms with E-state index in [9.17, 15) is 19.5 Å². The third kappa shape index (κ3) is 7.43. The number of methoxy groups -OCH3 is 1. The first-order valence-corrected chi connectivity index (χ1v) is 13.6. The van der Waals surface area contributed by atoms with Crippen molar-refractivity contribution in [2.24, 2.45) is 0 Å². The summed E-state index contributed by atoms with van der Waals surface area (Å²) in [5.41, 5.74) is 0.747. The van der Waals surface area contributed by atoms with Gasteiger partial charge in [0.1, 0.15) is 18.5 Å². The van der Waals surface area contributed by atoms with Gasteiger partial charge in [-0.05, 0) is 60.1 Å². The highest BCUT2D eigenvalue weighted by Gasteiger charge is 2.41. The van der Waals surface area contributed by atoms with Gasteiger partial charge in [0.2, 0.25) is 11.8 Å². The fourth-order valence-corrected chi connectivity index (χ4v) is 5.38. The predicted octanol–water partition coefficient (Wildman–Crippen LogP) is 1.84. The summed E-state index contributed by atoms with van der Waals surface area (Å²) in [5, 5.41) is 23.3. The van der Waals surface area contributed by atoms with Crippen molar-refractivity contribution in [1.29, 1.82) is 0 Å². The summed E-state index contributed by atoms with van der Waals surface area (Å²) >= 11 is 2.02. The average Bonchev–Trinajstić information content (AvgIpc) is 3.41. The number of rotatable bonds is 12. The van der Waals surface area contributed by atoms with E-state index in [0.29, 0.717) is 58.5 Å². The van der Waals surface area contributed by atoms with Gasteiger partial charge >= 0.3 is 0 Å². The summed E-state index contributed by atoms with van der Waals surface area (Å²) in [7, 11) is 1.45. The van der Waals surface area contributed by atoms with Crippen molar-refractivity contribution in [2.45, 2.75) is 63.4 Å². The van der Waals surface area contributed by atoms with E-state index in [-0.39, 0.29) is 31.6 Å². The first kappa shape index (κ1) is 29.3. The van der Waals surface area contributed by atoms with Gasteiger partial charge < -0.3 is 34.6 Å². The number of hydrogen-bond acceptors (Lipinski definition) is 8. The normalized spacial score (nSPS) is 23.2. The molecular weight excluding hydrogens is 595 g/mol. The van der Waals surface area contributed by atoms with Crippen molar-refractivity contribution in [3.63, 3.8) is 0 Å². The number of halogens is 1. The summed E-state index contributed by atoms with van der Waals surface area (Å²) < 4.78 is 18.0. The van der Waals surface area contributed by atoms with Crippen LogP contribution in [-0.4, -0.2) is 91.0 Å². The minimum absolute atomic E-state index is 0.0716. The molecule has 3 rings (SSSR count). The molecule has 0 saturated carbocycles. The van der Waals surface area contributed by atoms with Gasteiger partial charge in [0.05, 0.1) is 29.4 Å². The van der Waals surface area contributed by atoms with Crippen molar-refractivity contribution >= 4 is 40.7 Å². The van der Waals surface area contributed by atoms with Gasteiger partial charge in [-0.15, -0.1) is 0 Å². The van der Waals surface area contributed by atoms with Crippen LogP contribution in [0.5, 0.6) is 11.5 Å². The Morgan fingerprint density at radius 3 is 2.76 bits per heavy atom. The lowest BCUT2D eigenvalue weighted by atomic mass is 9.87. The highest BCUT2D eigenvalue weighted by molar-refractivity contribution is 14.1. The lowest BCUT2D eigenvalue weighted by Crippen LogP contribution is -2.56. The highest BCUT2D eigenvalue weighted by Crippen LogP contribution is 2.37. The summed E-state index contributed by atoms with van der Waals surface area (Å²) in [6.07, 6.45) is 2.76. The van der Waals surface area contributed by atoms with Crippen LogP contribution in [0.3, 0.4) is 0 Å². The van der Waals surface area contributed by atoms with E-state index in [2.05, 4.69) is 5.32 Å². The zero-order chi connectivity index (χ0) is 26.9. The van der Waals surface area contributed by atoms with Crippen molar-refractivity contribution in [1.82, 2.24) is 10.2 Å². The van der Waals surface area contributed by atoms with Crippen LogP contribution in [-0.2, 0) is 14.3 Å². The second-order valence-electron chi connectivity index (χ2n) is 9.10. The van der Waals surface area contributed by atoms with Gasteiger partial charge in [0.25, 0.3) is 0 Å². The van der Waals surface area contributed by atoms with Crippen LogP contribution in [0.2, 0.25) is 0 Å². The van der Waals surface area contributed by atoms with Gasteiger partial charge in [-0.1, -0.05) is 6.92 Å². The van der Waals surface area contributed by atoms with Gasteiger partial charge in [0, 0.05) is 43.7 Å². The van der Waals surface area contributed by atoms with Crippen molar-refractivity contribution in [3.8, 4) is 11.5 Å². The quantitative estimate of drug-likeness (QED) is 0.236. The fraction of sp³-hybridized carbons (Fsp3) is 0.577. The maximum absolute atomic E-state index is 13.2. The Balaban J connectivity index is 1.98. The fourth-order valence-electron chi connectivity index (χ4n) is 4.63. The maximum atomic E-state index is 13.2. The molecule has 4 atom stereocenters. The molecule has 11 heteroatoms. The van der Waals surface area contributed by atoms with Crippen LogP contribution in [0.15, 0.2) is 23.8 Å². The zero-order valence-corrected chi connectivity index (χ0v) is 23.3. The monoisotopic (exact) mass is 630 g/mol. The van der Waals surface area contributed by atoms with Gasteiger partial charge in [-0.3, -0.25) is 14.4 Å². The molecule has 1 heterocycles. The number of aliphatic hydroxyl groups is 2. The number of hydrogen-bond donors (Lipinski definition) is 3. The molecule has 2 amide bonds. The molecule has 0 aromatic heterocycles. The molecule has 10 nitrogen and oxygen atoms in total. The zero-order valence-electron chi connectivity index (χ0n) is 21.2. The largest absolute Gasteiger partial charge is 0.493 e. The lowest BCUT2D eigenvalue weighted by Gasteiger charge is -2.41. The first-order chi connectivity index (χ1) is 17.8. The molecule has 1 aliphatic carbocycles. The van der Waals surface area contributed by atoms with E-state index in [1.807, 2.05) is 29.5 Å². The Labute approximate surface area is 230 Å². The molecule has 204 valence electrons. The van der Waals surface area contributed by atoms with Crippen LogP contribution >= 0.6 is 22.6 Å². The molecule has 2 aliphatic rings. The number of nitrogens with zero attached hydrogens (tertiary/aromatic N) is 1. The topological polar surface area (TPSA) is 135 Å². The maximum Gasteiger partial charge on any atom is 0.247 e. The Kier molecular flexibility index (Phi) is 11.2. The van der Waals surface area contributed by atoms with Crippen molar-refractivity contribution in [2.75, 3.05) is 33.4 Å². The molecule has 1 aromatic rings. The van der Waals surface area contributed by atoms with Crippen LogP contribution in [0.4, 0.5) is 0 Å². The summed E-state index contributed by atoms with van der Waals surface area (Å²) in [6.45, 7) is 2.71. The molecule has 4 unspecified atom stereocenters. The number of carbonyl (C=O) groups excluding carboxylic acids is 3. The van der Waals surface area contributed by atoms with Crippen LogP contribution < -0.4 is 14.8 Å². The molecule has 1 aromatic carbocycles. The summed E-state index contributed by atoms with van der Waals surface area (Å²) in [4.78, 5) is 39.1. The molecule has 1 aliphatic heterocycles. The smallest absolute Gasteiger partial charge is 0.247 e. The molecular formula is C26H35IN2O8. The minimum Gasteiger partial charge on any atom is -0.493 e. The molecule has 37 heavy (non-hydrogen) atoms. The molecule has 0 spiro atoms. The molecule has 1 fully saturated rings. The number of benzene rings is 1. The predicted molar refractivity (Wildman–Crippen MR) is 144 cm³/mol. The van der Waals surface area contributed by atoms with Crippen LogP contribution in [0.25, 0.3) is 0 Å².